The number of rotatable bonds is 4. The predicted octanol–water partition coefficient (Wildman–Crippen LogP) is 5.10. The molecule has 4 rings (SSSR count). The summed E-state index contributed by atoms with van der Waals surface area (Å²) in [7, 11) is 2.30. The molecule has 1 aliphatic carbocycles. The van der Waals surface area contributed by atoms with E-state index in [-0.39, 0.29) is 11.5 Å². The average Bonchev–Trinajstić information content (AvgIpc) is 2.85. The van der Waals surface area contributed by atoms with Crippen molar-refractivity contribution >= 4 is 42.2 Å². The summed E-state index contributed by atoms with van der Waals surface area (Å²) in [4.78, 5) is 26.3. The van der Waals surface area contributed by atoms with Crippen molar-refractivity contribution in [2.75, 3.05) is 16.0 Å². The van der Waals surface area contributed by atoms with E-state index in [0.29, 0.717) is 22.5 Å². The molecule has 2 aromatic heterocycles. The van der Waals surface area contributed by atoms with Gasteiger partial charge in [0.2, 0.25) is 0 Å². The zero-order valence-electron chi connectivity index (χ0n) is 19.8. The number of carbonyl (C=O) groups is 1. The second kappa shape index (κ2) is 10.2. The van der Waals surface area contributed by atoms with Crippen LogP contribution in [0.3, 0.4) is 0 Å². The van der Waals surface area contributed by atoms with E-state index < -0.39 is 0 Å². The quantitative estimate of drug-likeness (QED) is 0.487. The van der Waals surface area contributed by atoms with Gasteiger partial charge in [-0.1, -0.05) is 57.2 Å². The van der Waals surface area contributed by atoms with E-state index in [1.807, 2.05) is 43.3 Å². The Balaban J connectivity index is 1.47. The molecule has 2 heterocycles. The van der Waals surface area contributed by atoms with Crippen molar-refractivity contribution in [1.29, 1.82) is 0 Å². The van der Waals surface area contributed by atoms with Crippen LogP contribution in [-0.2, 0) is 0 Å². The molecule has 0 saturated heterocycles. The molecule has 1 saturated carbocycles. The minimum absolute atomic E-state index is 0.0124. The fourth-order valence-corrected chi connectivity index (χ4v) is 4.58. The molecule has 172 valence electrons. The van der Waals surface area contributed by atoms with Crippen molar-refractivity contribution in [2.45, 2.75) is 64.2 Å². The highest BCUT2D eigenvalue weighted by atomic mass is 16.2. The Bertz CT molecular complexity index is 1110. The zero-order chi connectivity index (χ0) is 23.3. The van der Waals surface area contributed by atoms with Gasteiger partial charge in [-0.15, -0.1) is 0 Å². The Labute approximate surface area is 196 Å². The highest BCUT2D eigenvalue weighted by Crippen LogP contribution is 2.29. The third-order valence-corrected chi connectivity index (χ3v) is 6.54. The maximum absolute atomic E-state index is 12.4. The van der Waals surface area contributed by atoms with Crippen molar-refractivity contribution in [3.05, 3.63) is 48.3 Å². The van der Waals surface area contributed by atoms with Crippen LogP contribution in [0, 0.1) is 12.8 Å². The van der Waals surface area contributed by atoms with Crippen LogP contribution in [0.2, 0.25) is 0 Å². The van der Waals surface area contributed by atoms with E-state index in [2.05, 4.69) is 40.7 Å². The molecule has 1 fully saturated rings. The molecule has 0 aliphatic heterocycles. The van der Waals surface area contributed by atoms with Crippen LogP contribution in [0.4, 0.5) is 22.0 Å². The first-order valence-corrected chi connectivity index (χ1v) is 12.0. The number of aryl methyl sites for hydroxylation is 1. The third kappa shape index (κ3) is 6.21. The number of benzene rings is 1. The Morgan fingerprint density at radius 3 is 2.64 bits per heavy atom. The van der Waals surface area contributed by atoms with Crippen LogP contribution in [0.1, 0.15) is 57.6 Å². The van der Waals surface area contributed by atoms with Crippen molar-refractivity contribution in [1.82, 2.24) is 15.0 Å². The molecule has 3 N–H and O–H groups in total. The maximum Gasteiger partial charge on any atom is 0.323 e. The first-order valence-electron chi connectivity index (χ1n) is 12.0. The van der Waals surface area contributed by atoms with Crippen molar-refractivity contribution < 1.29 is 4.79 Å². The Morgan fingerprint density at radius 1 is 1.06 bits per heavy atom. The largest absolute Gasteiger partial charge is 0.371 e. The monoisotopic (exact) mass is 444 g/mol. The van der Waals surface area contributed by atoms with Gasteiger partial charge in [-0.25, -0.2) is 19.7 Å². The summed E-state index contributed by atoms with van der Waals surface area (Å²) in [6, 6.07) is 10.8. The number of nitrogens with zero attached hydrogens (tertiary/aromatic N) is 3. The normalized spacial score (nSPS) is 21.5. The van der Waals surface area contributed by atoms with Gasteiger partial charge in [-0.3, -0.25) is 0 Å². The van der Waals surface area contributed by atoms with Crippen molar-refractivity contribution in [3.8, 4) is 0 Å². The third-order valence-electron chi connectivity index (χ3n) is 6.54. The molecule has 2 atom stereocenters. The Kier molecular flexibility index (Phi) is 7.11. The molecule has 1 aliphatic rings. The summed E-state index contributed by atoms with van der Waals surface area (Å²) >= 11 is 0. The van der Waals surface area contributed by atoms with E-state index in [1.165, 1.54) is 32.1 Å². The fraction of sp³-hybridized carbons (Fsp3) is 0.440. The molecular formula is C25H33BN6O. The second-order valence-electron chi connectivity index (χ2n) is 9.59. The molecule has 33 heavy (non-hydrogen) atoms. The van der Waals surface area contributed by atoms with Gasteiger partial charge in [-0.05, 0) is 43.9 Å². The highest BCUT2D eigenvalue weighted by Gasteiger charge is 2.25. The number of nitrogens with one attached hydrogen (secondary N) is 3. The minimum Gasteiger partial charge on any atom is -0.371 e. The lowest BCUT2D eigenvalue weighted by molar-refractivity contribution is 0.262. The summed E-state index contributed by atoms with van der Waals surface area (Å²) in [5.41, 5.74) is 3.27. The standard InChI is InChI=1S/C25H33BN6O/c1-17-9-6-7-13-25(26,14-8-10-17)32-22-16-27-21-15-20(18(2)28-23(21)31-22)30-24(33)29-19-11-4-3-5-12-19/h3-5,11-12,15-17H,6-10,13-14,26H2,1-2H3,(H,28,31,32)(H2,29,30,33). The molecule has 0 radical (unpaired) electrons. The summed E-state index contributed by atoms with van der Waals surface area (Å²) in [5.74, 6) is 1.57. The number of hydrogen-bond acceptors (Lipinski definition) is 5. The maximum atomic E-state index is 12.4. The number of hydrogen-bond donors (Lipinski definition) is 3. The van der Waals surface area contributed by atoms with Crippen LogP contribution in [0.5, 0.6) is 0 Å². The van der Waals surface area contributed by atoms with E-state index in [1.54, 1.807) is 6.20 Å². The van der Waals surface area contributed by atoms with Crippen LogP contribution in [-0.4, -0.2) is 34.3 Å². The fourth-order valence-electron chi connectivity index (χ4n) is 4.58. The van der Waals surface area contributed by atoms with E-state index in [0.717, 1.165) is 30.3 Å². The molecule has 2 unspecified atom stereocenters. The van der Waals surface area contributed by atoms with Crippen LogP contribution in [0.25, 0.3) is 11.2 Å². The van der Waals surface area contributed by atoms with Gasteiger partial charge in [0, 0.05) is 11.1 Å². The van der Waals surface area contributed by atoms with Gasteiger partial charge in [0.25, 0.3) is 0 Å². The molecule has 2 amide bonds. The first-order chi connectivity index (χ1) is 15.9. The molecule has 1 aromatic carbocycles. The molecule has 3 aromatic rings. The number of fused-ring (bicyclic) bond motifs is 1. The number of pyridine rings is 1. The molecule has 7 nitrogen and oxygen atoms in total. The van der Waals surface area contributed by atoms with Crippen LogP contribution >= 0.6 is 0 Å². The van der Waals surface area contributed by atoms with Crippen molar-refractivity contribution in [3.63, 3.8) is 0 Å². The number of para-hydroxylation sites is 1. The number of urea groups is 1. The minimum atomic E-state index is -0.320. The molecular weight excluding hydrogens is 411 g/mol. The van der Waals surface area contributed by atoms with Gasteiger partial charge in [0.15, 0.2) is 5.65 Å². The van der Waals surface area contributed by atoms with Gasteiger partial charge < -0.3 is 16.0 Å². The lowest BCUT2D eigenvalue weighted by Crippen LogP contribution is -2.39. The average molecular weight is 444 g/mol. The number of amides is 2. The second-order valence-corrected chi connectivity index (χ2v) is 9.59. The van der Waals surface area contributed by atoms with Crippen LogP contribution < -0.4 is 16.0 Å². The zero-order valence-corrected chi connectivity index (χ0v) is 19.8. The summed E-state index contributed by atoms with van der Waals surface area (Å²) < 4.78 is 0. The van der Waals surface area contributed by atoms with E-state index in [9.17, 15) is 4.79 Å². The topological polar surface area (TPSA) is 91.8 Å². The molecule has 0 spiro atoms. The van der Waals surface area contributed by atoms with E-state index in [4.69, 9.17) is 4.98 Å². The highest BCUT2D eigenvalue weighted by molar-refractivity contribution is 6.17. The smallest absolute Gasteiger partial charge is 0.323 e. The van der Waals surface area contributed by atoms with Crippen LogP contribution in [0.15, 0.2) is 42.6 Å². The lowest BCUT2D eigenvalue weighted by Gasteiger charge is -2.31. The number of aromatic nitrogens is 3. The predicted molar refractivity (Wildman–Crippen MR) is 138 cm³/mol. The summed E-state index contributed by atoms with van der Waals surface area (Å²) in [6.45, 7) is 4.23. The van der Waals surface area contributed by atoms with Gasteiger partial charge in [-0.2, -0.15) is 0 Å². The number of carbonyl (C=O) groups excluding carboxylic acids is 1. The van der Waals surface area contributed by atoms with Gasteiger partial charge in [0.1, 0.15) is 19.2 Å². The van der Waals surface area contributed by atoms with Gasteiger partial charge >= 0.3 is 6.03 Å². The molecule has 0 bridgehead atoms. The van der Waals surface area contributed by atoms with Gasteiger partial charge in [0.05, 0.1) is 17.6 Å². The molecule has 8 heteroatoms. The Hall–Kier alpha value is -3.16. The van der Waals surface area contributed by atoms with Crippen molar-refractivity contribution in [2.24, 2.45) is 5.92 Å². The SMILES string of the molecule is BC1(Nc2cnc3cc(NC(=O)Nc4ccccc4)c(C)nc3n2)CCCCC(C)CCC1. The first kappa shape index (κ1) is 23.0. The summed E-state index contributed by atoms with van der Waals surface area (Å²) in [5, 5.41) is 9.34. The Morgan fingerprint density at radius 2 is 1.82 bits per heavy atom. The number of anilines is 3. The summed E-state index contributed by atoms with van der Waals surface area (Å²) in [6.07, 6.45) is 10.4. The van der Waals surface area contributed by atoms with E-state index >= 15 is 0 Å². The lowest BCUT2D eigenvalue weighted by atomic mass is 9.70.